The van der Waals surface area contributed by atoms with Crippen LogP contribution in [0.2, 0.25) is 0 Å². The molecule has 1 rings (SSSR count). The molecule has 0 atom stereocenters. The molecule has 0 unspecified atom stereocenters. The molecule has 0 bridgehead atoms. The molecular formula is C14H22BrNO. The molecule has 2 nitrogen and oxygen atoms in total. The van der Waals surface area contributed by atoms with Crippen molar-refractivity contribution < 1.29 is 4.74 Å². The van der Waals surface area contributed by atoms with E-state index in [1.54, 1.807) is 0 Å². The molecule has 96 valence electrons. The quantitative estimate of drug-likeness (QED) is 0.797. The maximum Gasteiger partial charge on any atom is 0.0639 e. The molecule has 1 aromatic rings. The van der Waals surface area contributed by atoms with E-state index in [0.717, 1.165) is 24.2 Å². The molecule has 1 aromatic carbocycles. The Morgan fingerprint density at radius 3 is 2.35 bits per heavy atom. The van der Waals surface area contributed by atoms with Crippen molar-refractivity contribution in [2.45, 2.75) is 27.7 Å². The lowest BCUT2D eigenvalue weighted by atomic mass is 10.1. The molecule has 0 aliphatic rings. The standard InChI is InChI=1S/C14H22BrNO/c1-10(2)9-17-6-5-16-14-11(3)7-13(15)8-12(14)4/h7-8,10,16H,5-6,9H2,1-4H3. The highest BCUT2D eigenvalue weighted by Gasteiger charge is 2.03. The van der Waals surface area contributed by atoms with Gasteiger partial charge in [-0.25, -0.2) is 0 Å². The summed E-state index contributed by atoms with van der Waals surface area (Å²) >= 11 is 3.50. The minimum Gasteiger partial charge on any atom is -0.382 e. The van der Waals surface area contributed by atoms with Crippen LogP contribution in [-0.2, 0) is 4.74 Å². The average molecular weight is 300 g/mol. The predicted molar refractivity (Wildman–Crippen MR) is 77.8 cm³/mol. The number of aryl methyl sites for hydroxylation is 2. The lowest BCUT2D eigenvalue weighted by Crippen LogP contribution is -2.13. The Balaban J connectivity index is 2.42. The first-order valence-electron chi connectivity index (χ1n) is 6.09. The summed E-state index contributed by atoms with van der Waals surface area (Å²) in [6, 6.07) is 4.26. The maximum atomic E-state index is 5.55. The molecule has 0 saturated carbocycles. The highest BCUT2D eigenvalue weighted by Crippen LogP contribution is 2.24. The van der Waals surface area contributed by atoms with Crippen molar-refractivity contribution in [3.05, 3.63) is 27.7 Å². The van der Waals surface area contributed by atoms with Gasteiger partial charge in [-0.1, -0.05) is 29.8 Å². The van der Waals surface area contributed by atoms with Gasteiger partial charge in [0.25, 0.3) is 0 Å². The summed E-state index contributed by atoms with van der Waals surface area (Å²) in [7, 11) is 0. The van der Waals surface area contributed by atoms with Crippen molar-refractivity contribution in [3.8, 4) is 0 Å². The summed E-state index contributed by atoms with van der Waals surface area (Å²) in [4.78, 5) is 0. The molecule has 0 aliphatic heterocycles. The van der Waals surface area contributed by atoms with Crippen molar-refractivity contribution in [2.75, 3.05) is 25.1 Å². The van der Waals surface area contributed by atoms with Crippen LogP contribution in [0.4, 0.5) is 5.69 Å². The number of anilines is 1. The van der Waals surface area contributed by atoms with Gasteiger partial charge in [0.05, 0.1) is 6.61 Å². The van der Waals surface area contributed by atoms with E-state index in [4.69, 9.17) is 4.74 Å². The molecule has 17 heavy (non-hydrogen) atoms. The fraction of sp³-hybridized carbons (Fsp3) is 0.571. The zero-order valence-corrected chi connectivity index (χ0v) is 12.7. The molecule has 0 aliphatic carbocycles. The van der Waals surface area contributed by atoms with Gasteiger partial charge in [-0.2, -0.15) is 0 Å². The van der Waals surface area contributed by atoms with E-state index in [9.17, 15) is 0 Å². The Kier molecular flexibility index (Phi) is 6.00. The van der Waals surface area contributed by atoms with Gasteiger partial charge in [0.1, 0.15) is 0 Å². The molecule has 0 amide bonds. The fourth-order valence-electron chi connectivity index (χ4n) is 1.76. The second-order valence-electron chi connectivity index (χ2n) is 4.81. The van der Waals surface area contributed by atoms with Crippen molar-refractivity contribution in [2.24, 2.45) is 5.92 Å². The molecule has 1 N–H and O–H groups in total. The van der Waals surface area contributed by atoms with Crippen LogP contribution in [-0.4, -0.2) is 19.8 Å². The minimum absolute atomic E-state index is 0.603. The Morgan fingerprint density at radius 2 is 1.82 bits per heavy atom. The first-order valence-corrected chi connectivity index (χ1v) is 6.88. The molecule has 0 aromatic heterocycles. The summed E-state index contributed by atoms with van der Waals surface area (Å²) in [5.74, 6) is 0.603. The number of hydrogen-bond acceptors (Lipinski definition) is 2. The third kappa shape index (κ3) is 5.09. The predicted octanol–water partition coefficient (Wildman–Crippen LogP) is 4.15. The van der Waals surface area contributed by atoms with Crippen LogP contribution in [0, 0.1) is 19.8 Å². The van der Waals surface area contributed by atoms with E-state index in [0.29, 0.717) is 5.92 Å². The van der Waals surface area contributed by atoms with E-state index in [-0.39, 0.29) is 0 Å². The van der Waals surface area contributed by atoms with Gasteiger partial charge in [0, 0.05) is 23.3 Å². The Hall–Kier alpha value is -0.540. The van der Waals surface area contributed by atoms with Crippen LogP contribution < -0.4 is 5.32 Å². The largest absolute Gasteiger partial charge is 0.382 e. The zero-order valence-electron chi connectivity index (χ0n) is 11.1. The zero-order chi connectivity index (χ0) is 12.8. The third-order valence-corrected chi connectivity index (χ3v) is 2.95. The number of hydrogen-bond donors (Lipinski definition) is 1. The summed E-state index contributed by atoms with van der Waals surface area (Å²) in [5, 5.41) is 3.44. The second kappa shape index (κ2) is 7.02. The minimum atomic E-state index is 0.603. The van der Waals surface area contributed by atoms with Gasteiger partial charge in [0.15, 0.2) is 0 Å². The highest BCUT2D eigenvalue weighted by atomic mass is 79.9. The molecule has 0 heterocycles. The normalized spacial score (nSPS) is 10.9. The van der Waals surface area contributed by atoms with E-state index in [1.807, 2.05) is 0 Å². The summed E-state index contributed by atoms with van der Waals surface area (Å²) in [6.07, 6.45) is 0. The molecule has 0 spiro atoms. The van der Waals surface area contributed by atoms with Crippen molar-refractivity contribution in [1.29, 1.82) is 0 Å². The summed E-state index contributed by atoms with van der Waals surface area (Å²) in [5.41, 5.74) is 3.75. The first kappa shape index (κ1) is 14.5. The summed E-state index contributed by atoms with van der Waals surface area (Å²) in [6.45, 7) is 11.0. The molecule has 3 heteroatoms. The molecule has 0 fully saturated rings. The monoisotopic (exact) mass is 299 g/mol. The van der Waals surface area contributed by atoms with E-state index >= 15 is 0 Å². The van der Waals surface area contributed by atoms with Gasteiger partial charge in [-0.15, -0.1) is 0 Å². The van der Waals surface area contributed by atoms with Crippen LogP contribution in [0.25, 0.3) is 0 Å². The van der Waals surface area contributed by atoms with Crippen LogP contribution in [0.5, 0.6) is 0 Å². The molecule has 0 radical (unpaired) electrons. The molecular weight excluding hydrogens is 278 g/mol. The van der Waals surface area contributed by atoms with Crippen LogP contribution in [0.3, 0.4) is 0 Å². The van der Waals surface area contributed by atoms with Gasteiger partial charge in [-0.3, -0.25) is 0 Å². The number of halogens is 1. The lowest BCUT2D eigenvalue weighted by molar-refractivity contribution is 0.118. The average Bonchev–Trinajstić information content (AvgIpc) is 2.20. The number of ether oxygens (including phenoxy) is 1. The van der Waals surface area contributed by atoms with Crippen LogP contribution >= 0.6 is 15.9 Å². The lowest BCUT2D eigenvalue weighted by Gasteiger charge is -2.14. The smallest absolute Gasteiger partial charge is 0.0639 e. The number of benzene rings is 1. The maximum absolute atomic E-state index is 5.55. The number of rotatable bonds is 6. The Labute approximate surface area is 113 Å². The highest BCUT2D eigenvalue weighted by molar-refractivity contribution is 9.10. The first-order chi connectivity index (χ1) is 8.00. The van der Waals surface area contributed by atoms with E-state index in [2.05, 4.69) is 61.1 Å². The van der Waals surface area contributed by atoms with Gasteiger partial charge in [0.2, 0.25) is 0 Å². The van der Waals surface area contributed by atoms with Crippen molar-refractivity contribution in [1.82, 2.24) is 0 Å². The van der Waals surface area contributed by atoms with Crippen molar-refractivity contribution >= 4 is 21.6 Å². The van der Waals surface area contributed by atoms with Gasteiger partial charge in [-0.05, 0) is 43.0 Å². The van der Waals surface area contributed by atoms with E-state index < -0.39 is 0 Å². The van der Waals surface area contributed by atoms with Crippen LogP contribution in [0.1, 0.15) is 25.0 Å². The second-order valence-corrected chi connectivity index (χ2v) is 5.73. The SMILES string of the molecule is Cc1cc(Br)cc(C)c1NCCOCC(C)C. The molecule has 0 saturated heterocycles. The van der Waals surface area contributed by atoms with E-state index in [1.165, 1.54) is 16.8 Å². The van der Waals surface area contributed by atoms with Gasteiger partial charge >= 0.3 is 0 Å². The number of nitrogens with one attached hydrogen (secondary N) is 1. The Morgan fingerprint density at radius 1 is 1.24 bits per heavy atom. The Bertz CT molecular complexity index is 340. The third-order valence-electron chi connectivity index (χ3n) is 2.50. The topological polar surface area (TPSA) is 21.3 Å². The van der Waals surface area contributed by atoms with Crippen LogP contribution in [0.15, 0.2) is 16.6 Å². The van der Waals surface area contributed by atoms with Gasteiger partial charge < -0.3 is 10.1 Å². The van der Waals surface area contributed by atoms with Crippen molar-refractivity contribution in [3.63, 3.8) is 0 Å². The summed E-state index contributed by atoms with van der Waals surface area (Å²) < 4.78 is 6.68. The fourth-order valence-corrected chi connectivity index (χ4v) is 2.44.